The van der Waals surface area contributed by atoms with Crippen LogP contribution in [0.2, 0.25) is 0 Å². The summed E-state index contributed by atoms with van der Waals surface area (Å²) in [5, 5.41) is 9.41. The van der Waals surface area contributed by atoms with Crippen molar-refractivity contribution in [3.63, 3.8) is 0 Å². The van der Waals surface area contributed by atoms with Gasteiger partial charge in [0.05, 0.1) is 6.10 Å². The van der Waals surface area contributed by atoms with Gasteiger partial charge in [-0.15, -0.1) is 0 Å². The Kier molecular flexibility index (Phi) is 2.47. The van der Waals surface area contributed by atoms with Crippen molar-refractivity contribution in [3.8, 4) is 0 Å². The van der Waals surface area contributed by atoms with Crippen LogP contribution in [0.4, 0.5) is 0 Å². The van der Waals surface area contributed by atoms with E-state index >= 15 is 0 Å². The summed E-state index contributed by atoms with van der Waals surface area (Å²) in [7, 11) is 0. The fourth-order valence-electron chi connectivity index (χ4n) is 2.30. The Morgan fingerprint density at radius 2 is 2.00 bits per heavy atom. The normalized spacial score (nSPS) is 32.9. The van der Waals surface area contributed by atoms with E-state index in [0.29, 0.717) is 0 Å². The maximum absolute atomic E-state index is 9.41. The molecule has 0 spiro atoms. The lowest BCUT2D eigenvalue weighted by Gasteiger charge is -2.31. The maximum atomic E-state index is 9.41. The molecule has 0 unspecified atom stereocenters. The number of β-amino-alcohol motifs (C(OH)–C–C–N with tert-alkyl or cyclic N) is 1. The third-order valence-electron chi connectivity index (χ3n) is 2.96. The van der Waals surface area contributed by atoms with Gasteiger partial charge >= 0.3 is 0 Å². The van der Waals surface area contributed by atoms with Gasteiger partial charge in [-0.3, -0.25) is 4.90 Å². The third-order valence-corrected chi connectivity index (χ3v) is 2.96. The number of rotatable bonds is 1. The lowest BCUT2D eigenvalue weighted by molar-refractivity contribution is 0.114. The molecule has 2 rings (SSSR count). The fourth-order valence-corrected chi connectivity index (χ4v) is 2.30. The average Bonchev–Trinajstić information content (AvgIpc) is 2.56. The zero-order chi connectivity index (χ0) is 8.39. The molecule has 1 heterocycles. The summed E-state index contributed by atoms with van der Waals surface area (Å²) in [6.07, 6.45) is 9.19. The van der Waals surface area contributed by atoms with Gasteiger partial charge in [-0.25, -0.2) is 0 Å². The van der Waals surface area contributed by atoms with Crippen LogP contribution in [0.25, 0.3) is 0 Å². The highest BCUT2D eigenvalue weighted by Crippen LogP contribution is 2.24. The first-order valence-electron chi connectivity index (χ1n) is 4.95. The van der Waals surface area contributed by atoms with Gasteiger partial charge in [0.1, 0.15) is 0 Å². The topological polar surface area (TPSA) is 23.5 Å². The van der Waals surface area contributed by atoms with E-state index in [0.717, 1.165) is 19.1 Å². The van der Waals surface area contributed by atoms with Crippen molar-refractivity contribution in [2.24, 2.45) is 0 Å². The van der Waals surface area contributed by atoms with Crippen molar-refractivity contribution in [1.29, 1.82) is 0 Å². The highest BCUT2D eigenvalue weighted by atomic mass is 16.3. The molecule has 12 heavy (non-hydrogen) atoms. The summed E-state index contributed by atoms with van der Waals surface area (Å²) in [5.41, 5.74) is 0. The summed E-state index contributed by atoms with van der Waals surface area (Å²) in [6.45, 7) is 1.89. The first kappa shape index (κ1) is 8.27. The maximum Gasteiger partial charge on any atom is 0.0848 e. The highest BCUT2D eigenvalue weighted by molar-refractivity contribution is 4.99. The van der Waals surface area contributed by atoms with Crippen LogP contribution in [0.1, 0.15) is 25.7 Å². The van der Waals surface area contributed by atoms with Crippen molar-refractivity contribution in [3.05, 3.63) is 12.2 Å². The van der Waals surface area contributed by atoms with E-state index in [2.05, 4.69) is 11.0 Å². The van der Waals surface area contributed by atoms with E-state index < -0.39 is 0 Å². The molecule has 2 nitrogen and oxygen atoms in total. The van der Waals surface area contributed by atoms with Crippen molar-refractivity contribution >= 4 is 0 Å². The molecule has 0 amide bonds. The van der Waals surface area contributed by atoms with Gasteiger partial charge in [0.15, 0.2) is 0 Å². The number of nitrogens with zero attached hydrogens (tertiary/aromatic N) is 1. The van der Waals surface area contributed by atoms with Crippen LogP contribution in [0.15, 0.2) is 12.2 Å². The molecule has 0 aromatic carbocycles. The Balaban J connectivity index is 1.91. The second kappa shape index (κ2) is 3.58. The average molecular weight is 167 g/mol. The molecule has 1 saturated carbocycles. The van der Waals surface area contributed by atoms with Gasteiger partial charge in [-0.05, 0) is 12.8 Å². The van der Waals surface area contributed by atoms with Gasteiger partial charge in [0.2, 0.25) is 0 Å². The van der Waals surface area contributed by atoms with E-state index in [1.165, 1.54) is 25.7 Å². The largest absolute Gasteiger partial charge is 0.388 e. The van der Waals surface area contributed by atoms with E-state index in [-0.39, 0.29) is 6.10 Å². The van der Waals surface area contributed by atoms with Crippen molar-refractivity contribution in [2.45, 2.75) is 37.8 Å². The fraction of sp³-hybridized carbons (Fsp3) is 0.800. The summed E-state index contributed by atoms with van der Waals surface area (Å²) in [6, 6.07) is 0.754. The Bertz CT molecular complexity index is 173. The first-order chi connectivity index (χ1) is 5.86. The molecule has 2 heteroatoms. The van der Waals surface area contributed by atoms with Crippen LogP contribution in [0, 0.1) is 0 Å². The lowest BCUT2D eigenvalue weighted by Crippen LogP contribution is -2.41. The van der Waals surface area contributed by atoms with Crippen molar-refractivity contribution in [1.82, 2.24) is 4.90 Å². The molecule has 2 aliphatic rings. The molecule has 0 radical (unpaired) electrons. The number of hydrogen-bond acceptors (Lipinski definition) is 2. The van der Waals surface area contributed by atoms with Crippen LogP contribution in [0.5, 0.6) is 0 Å². The molecule has 1 aliphatic carbocycles. The Morgan fingerprint density at radius 3 is 2.67 bits per heavy atom. The molecular formula is C10H17NO. The molecule has 0 aromatic rings. The van der Waals surface area contributed by atoms with Crippen molar-refractivity contribution < 1.29 is 5.11 Å². The van der Waals surface area contributed by atoms with Crippen LogP contribution in [-0.2, 0) is 0 Å². The minimum atomic E-state index is -0.223. The second-order valence-electron chi connectivity index (χ2n) is 3.89. The zero-order valence-corrected chi connectivity index (χ0v) is 7.45. The van der Waals surface area contributed by atoms with E-state index in [9.17, 15) is 5.11 Å². The molecule has 1 aliphatic heterocycles. The Hall–Kier alpha value is -0.340. The van der Waals surface area contributed by atoms with Crippen LogP contribution >= 0.6 is 0 Å². The summed E-state index contributed by atoms with van der Waals surface area (Å²) < 4.78 is 0. The van der Waals surface area contributed by atoms with Crippen LogP contribution < -0.4 is 0 Å². The summed E-state index contributed by atoms with van der Waals surface area (Å²) in [4.78, 5) is 2.41. The first-order valence-corrected chi connectivity index (χ1v) is 4.95. The number of aliphatic hydroxyl groups is 1. The zero-order valence-electron chi connectivity index (χ0n) is 7.45. The van der Waals surface area contributed by atoms with Crippen molar-refractivity contribution in [2.75, 3.05) is 13.1 Å². The quantitative estimate of drug-likeness (QED) is 0.592. The van der Waals surface area contributed by atoms with E-state index in [4.69, 9.17) is 0 Å². The molecular weight excluding hydrogens is 150 g/mol. The lowest BCUT2D eigenvalue weighted by atomic mass is 10.1. The number of aliphatic hydroxyl groups excluding tert-OH is 1. The smallest absolute Gasteiger partial charge is 0.0848 e. The molecule has 1 atom stereocenters. The van der Waals surface area contributed by atoms with Crippen LogP contribution in [0.3, 0.4) is 0 Å². The minimum absolute atomic E-state index is 0.223. The predicted molar refractivity (Wildman–Crippen MR) is 49.0 cm³/mol. The third kappa shape index (κ3) is 1.70. The SMILES string of the molecule is O[C@H]1C=CCN(C2CCCC2)C1. The highest BCUT2D eigenvalue weighted by Gasteiger charge is 2.24. The van der Waals surface area contributed by atoms with Gasteiger partial charge in [0.25, 0.3) is 0 Å². The van der Waals surface area contributed by atoms with Crippen LogP contribution in [-0.4, -0.2) is 35.2 Å². The van der Waals surface area contributed by atoms with Gasteiger partial charge in [-0.1, -0.05) is 25.0 Å². The summed E-state index contributed by atoms with van der Waals surface area (Å²) in [5.74, 6) is 0. The predicted octanol–water partition coefficient (Wildman–Crippen LogP) is 1.16. The van der Waals surface area contributed by atoms with E-state index in [1.807, 2.05) is 6.08 Å². The monoisotopic (exact) mass is 167 g/mol. The van der Waals surface area contributed by atoms with E-state index in [1.54, 1.807) is 0 Å². The van der Waals surface area contributed by atoms with Gasteiger partial charge in [0, 0.05) is 19.1 Å². The molecule has 0 aromatic heterocycles. The minimum Gasteiger partial charge on any atom is -0.388 e. The summed E-state index contributed by atoms with van der Waals surface area (Å²) >= 11 is 0. The Labute approximate surface area is 73.9 Å². The molecule has 68 valence electrons. The Morgan fingerprint density at radius 1 is 1.25 bits per heavy atom. The number of hydrogen-bond donors (Lipinski definition) is 1. The van der Waals surface area contributed by atoms with Gasteiger partial charge in [-0.2, -0.15) is 0 Å². The second-order valence-corrected chi connectivity index (χ2v) is 3.89. The van der Waals surface area contributed by atoms with Gasteiger partial charge < -0.3 is 5.11 Å². The molecule has 0 bridgehead atoms. The molecule has 1 fully saturated rings. The molecule has 0 saturated heterocycles. The standard InChI is InChI=1S/C10H17NO/c12-10-6-3-7-11(8-10)9-4-1-2-5-9/h3,6,9-10,12H,1-2,4-5,7-8H2/t10-/m0/s1. The molecule has 1 N–H and O–H groups in total.